The van der Waals surface area contributed by atoms with Crippen LogP contribution >= 0.6 is 11.8 Å². The second kappa shape index (κ2) is 7.79. The van der Waals surface area contributed by atoms with E-state index >= 15 is 0 Å². The van der Waals surface area contributed by atoms with Gasteiger partial charge >= 0.3 is 0 Å². The molecule has 0 saturated carbocycles. The van der Waals surface area contributed by atoms with Crippen molar-refractivity contribution in [1.82, 2.24) is 14.9 Å². The van der Waals surface area contributed by atoms with Gasteiger partial charge in [0.2, 0.25) is 11.1 Å². The molecule has 3 aromatic rings. The van der Waals surface area contributed by atoms with Crippen molar-refractivity contribution in [3.05, 3.63) is 65.0 Å². The maximum atomic E-state index is 13.3. The number of carbonyl (C=O) groups excluding carboxylic acids is 1. The predicted octanol–water partition coefficient (Wildman–Crippen LogP) is 3.61. The van der Waals surface area contributed by atoms with Crippen molar-refractivity contribution in [3.8, 4) is 5.75 Å². The molecule has 29 heavy (non-hydrogen) atoms. The molecular weight excluding hydrogens is 386 g/mol. The highest BCUT2D eigenvalue weighted by Crippen LogP contribution is 2.38. The van der Waals surface area contributed by atoms with E-state index in [4.69, 9.17) is 4.74 Å². The Bertz CT molecular complexity index is 1050. The summed E-state index contributed by atoms with van der Waals surface area (Å²) in [6.45, 7) is 5.88. The van der Waals surface area contributed by atoms with Gasteiger partial charge in [0.05, 0.1) is 13.2 Å². The molecule has 2 aromatic carbocycles. The quantitative estimate of drug-likeness (QED) is 0.685. The Hall–Kier alpha value is -3.00. The molecular formula is C21H23N5O2S. The first-order chi connectivity index (χ1) is 14.0. The molecule has 2 heterocycles. The van der Waals surface area contributed by atoms with E-state index in [1.165, 1.54) is 11.8 Å². The molecule has 1 aromatic heterocycles. The van der Waals surface area contributed by atoms with E-state index in [-0.39, 0.29) is 11.9 Å². The molecule has 0 saturated heterocycles. The van der Waals surface area contributed by atoms with E-state index < -0.39 is 5.25 Å². The average Bonchev–Trinajstić information content (AvgIpc) is 3.10. The number of hydrogen-bond acceptors (Lipinski definition) is 6. The Kier molecular flexibility index (Phi) is 5.19. The van der Waals surface area contributed by atoms with Crippen LogP contribution < -0.4 is 15.5 Å². The molecule has 2 N–H and O–H groups in total. The minimum atomic E-state index is -0.417. The fraction of sp³-hybridized carbons (Fsp3) is 0.286. The monoisotopic (exact) mass is 409 g/mol. The lowest BCUT2D eigenvalue weighted by atomic mass is 10.0. The zero-order chi connectivity index (χ0) is 20.5. The van der Waals surface area contributed by atoms with Crippen LogP contribution in [0.15, 0.2) is 47.6 Å². The SMILES string of the molecule is COc1ccc([C@@H]2Nn3c(C)nnc3S[C@@H]2C(=O)Nc2cc(C)ccc2C)cc1. The van der Waals surface area contributed by atoms with E-state index in [1.807, 2.05) is 67.9 Å². The molecule has 1 aliphatic rings. The lowest BCUT2D eigenvalue weighted by Crippen LogP contribution is -2.41. The summed E-state index contributed by atoms with van der Waals surface area (Å²) in [5.74, 6) is 1.44. The predicted molar refractivity (Wildman–Crippen MR) is 114 cm³/mol. The normalized spacial score (nSPS) is 17.9. The number of aryl methyl sites for hydroxylation is 3. The Morgan fingerprint density at radius 3 is 2.62 bits per heavy atom. The highest BCUT2D eigenvalue weighted by Gasteiger charge is 2.37. The molecule has 7 nitrogen and oxygen atoms in total. The molecule has 0 fully saturated rings. The highest BCUT2D eigenvalue weighted by molar-refractivity contribution is 8.00. The summed E-state index contributed by atoms with van der Waals surface area (Å²) in [7, 11) is 1.64. The zero-order valence-corrected chi connectivity index (χ0v) is 17.6. The lowest BCUT2D eigenvalue weighted by molar-refractivity contribution is -0.116. The molecule has 0 unspecified atom stereocenters. The van der Waals surface area contributed by atoms with E-state index in [1.54, 1.807) is 7.11 Å². The maximum absolute atomic E-state index is 13.3. The summed E-state index contributed by atoms with van der Waals surface area (Å²) in [5, 5.41) is 11.7. The van der Waals surface area contributed by atoms with Crippen LogP contribution in [-0.4, -0.2) is 33.1 Å². The summed E-state index contributed by atoms with van der Waals surface area (Å²) in [4.78, 5) is 13.3. The van der Waals surface area contributed by atoms with E-state index in [0.29, 0.717) is 5.16 Å². The molecule has 150 valence electrons. The minimum Gasteiger partial charge on any atom is -0.497 e. The second-order valence-corrected chi connectivity index (χ2v) is 8.20. The van der Waals surface area contributed by atoms with Crippen molar-refractivity contribution in [1.29, 1.82) is 0 Å². The van der Waals surface area contributed by atoms with Gasteiger partial charge in [-0.1, -0.05) is 36.0 Å². The third kappa shape index (κ3) is 3.80. The van der Waals surface area contributed by atoms with Crippen LogP contribution in [0.4, 0.5) is 5.69 Å². The van der Waals surface area contributed by atoms with Crippen LogP contribution in [0.2, 0.25) is 0 Å². The van der Waals surface area contributed by atoms with Gasteiger partial charge in [-0.15, -0.1) is 10.2 Å². The van der Waals surface area contributed by atoms with Gasteiger partial charge in [-0.05, 0) is 55.7 Å². The Morgan fingerprint density at radius 1 is 1.14 bits per heavy atom. The summed E-state index contributed by atoms with van der Waals surface area (Å²) in [6, 6.07) is 13.5. The van der Waals surface area contributed by atoms with Gasteiger partial charge in [0, 0.05) is 5.69 Å². The second-order valence-electron chi connectivity index (χ2n) is 7.09. The molecule has 1 amide bonds. The number of methoxy groups -OCH3 is 1. The lowest BCUT2D eigenvalue weighted by Gasteiger charge is -2.33. The number of nitrogens with zero attached hydrogens (tertiary/aromatic N) is 3. The topological polar surface area (TPSA) is 81.1 Å². The number of rotatable bonds is 4. The highest BCUT2D eigenvalue weighted by atomic mass is 32.2. The Morgan fingerprint density at radius 2 is 1.90 bits per heavy atom. The van der Waals surface area contributed by atoms with E-state index in [9.17, 15) is 4.79 Å². The van der Waals surface area contributed by atoms with Gasteiger partial charge in [-0.3, -0.25) is 4.79 Å². The van der Waals surface area contributed by atoms with Crippen LogP contribution in [0.5, 0.6) is 5.75 Å². The molecule has 0 spiro atoms. The molecule has 2 atom stereocenters. The fourth-order valence-corrected chi connectivity index (χ4v) is 4.42. The zero-order valence-electron chi connectivity index (χ0n) is 16.8. The summed E-state index contributed by atoms with van der Waals surface area (Å²) >= 11 is 1.41. The van der Waals surface area contributed by atoms with Crippen LogP contribution in [0.3, 0.4) is 0 Å². The number of thioether (sulfide) groups is 1. The van der Waals surface area contributed by atoms with Crippen molar-refractivity contribution in [2.24, 2.45) is 0 Å². The number of amides is 1. The van der Waals surface area contributed by atoms with Crippen molar-refractivity contribution in [2.45, 2.75) is 37.2 Å². The van der Waals surface area contributed by atoms with Crippen LogP contribution in [-0.2, 0) is 4.79 Å². The van der Waals surface area contributed by atoms with Crippen molar-refractivity contribution in [3.63, 3.8) is 0 Å². The number of nitrogens with one attached hydrogen (secondary N) is 2. The third-order valence-electron chi connectivity index (χ3n) is 4.98. The number of aromatic nitrogens is 3. The maximum Gasteiger partial charge on any atom is 0.240 e. The first kappa shape index (κ1) is 19.3. The smallest absolute Gasteiger partial charge is 0.240 e. The van der Waals surface area contributed by atoms with Crippen molar-refractivity contribution >= 4 is 23.4 Å². The van der Waals surface area contributed by atoms with Crippen molar-refractivity contribution in [2.75, 3.05) is 17.9 Å². The van der Waals surface area contributed by atoms with Crippen LogP contribution in [0, 0.1) is 20.8 Å². The number of ether oxygens (including phenoxy) is 1. The number of benzene rings is 2. The van der Waals surface area contributed by atoms with Gasteiger partial charge in [0.25, 0.3) is 0 Å². The number of hydrogen-bond donors (Lipinski definition) is 2. The standard InChI is InChI=1S/C21H23N5O2S/c1-12-5-6-13(2)17(11-12)22-20(27)19-18(15-7-9-16(28-4)10-8-15)25-26-14(3)23-24-21(26)29-19/h5-11,18-19,25H,1-4H3,(H,22,27)/t18-,19-/m0/s1. The minimum absolute atomic E-state index is 0.0797. The molecule has 8 heteroatoms. The fourth-order valence-electron chi connectivity index (χ4n) is 3.30. The molecule has 1 aliphatic heterocycles. The van der Waals surface area contributed by atoms with E-state index in [2.05, 4.69) is 20.9 Å². The van der Waals surface area contributed by atoms with Gasteiger partial charge < -0.3 is 15.5 Å². The largest absolute Gasteiger partial charge is 0.497 e. The van der Waals surface area contributed by atoms with Gasteiger partial charge in [-0.25, -0.2) is 4.68 Å². The molecule has 0 aliphatic carbocycles. The number of anilines is 1. The first-order valence-electron chi connectivity index (χ1n) is 9.33. The van der Waals surface area contributed by atoms with Gasteiger partial charge in [0.15, 0.2) is 0 Å². The van der Waals surface area contributed by atoms with Gasteiger partial charge in [-0.2, -0.15) is 0 Å². The molecule has 4 rings (SSSR count). The number of fused-ring (bicyclic) bond motifs is 1. The van der Waals surface area contributed by atoms with Crippen LogP contribution in [0.25, 0.3) is 0 Å². The Labute approximate surface area is 173 Å². The average molecular weight is 410 g/mol. The third-order valence-corrected chi connectivity index (χ3v) is 6.20. The van der Waals surface area contributed by atoms with Crippen LogP contribution in [0.1, 0.15) is 28.6 Å². The first-order valence-corrected chi connectivity index (χ1v) is 10.2. The Balaban J connectivity index is 1.67. The van der Waals surface area contributed by atoms with Gasteiger partial charge in [0.1, 0.15) is 16.8 Å². The summed E-state index contributed by atoms with van der Waals surface area (Å²) in [5.41, 5.74) is 7.35. The number of carbonyl (C=O) groups is 1. The molecule has 0 bridgehead atoms. The van der Waals surface area contributed by atoms with Crippen molar-refractivity contribution < 1.29 is 9.53 Å². The summed E-state index contributed by atoms with van der Waals surface area (Å²) in [6.07, 6.45) is 0. The van der Waals surface area contributed by atoms with E-state index in [0.717, 1.165) is 34.0 Å². The summed E-state index contributed by atoms with van der Waals surface area (Å²) < 4.78 is 7.10. The molecule has 0 radical (unpaired) electrons.